The summed E-state index contributed by atoms with van der Waals surface area (Å²) < 4.78 is 1.87. The number of aliphatic hydroxyl groups excluding tert-OH is 1. The SMILES string of the molecule is CCCCN(CCO)C(=O)Nc1c(C)nn(CC)c1C. The average Bonchev–Trinajstić information content (AvgIpc) is 2.70. The molecule has 2 amide bonds. The molecule has 0 aliphatic rings. The quantitative estimate of drug-likeness (QED) is 0.805. The lowest BCUT2D eigenvalue weighted by atomic mass is 10.3. The highest BCUT2D eigenvalue weighted by molar-refractivity contribution is 5.90. The molecule has 0 unspecified atom stereocenters. The third kappa shape index (κ3) is 3.96. The molecule has 1 rings (SSSR count). The number of rotatable bonds is 7. The van der Waals surface area contributed by atoms with Crippen LogP contribution in [-0.4, -0.2) is 45.5 Å². The number of nitrogens with one attached hydrogen (secondary N) is 1. The Kier molecular flexibility index (Phi) is 6.51. The number of carbonyl (C=O) groups excluding carboxylic acids is 1. The molecule has 20 heavy (non-hydrogen) atoms. The maximum atomic E-state index is 12.3. The summed E-state index contributed by atoms with van der Waals surface area (Å²) in [5.74, 6) is 0. The Morgan fingerprint density at radius 1 is 1.35 bits per heavy atom. The van der Waals surface area contributed by atoms with Gasteiger partial charge < -0.3 is 15.3 Å². The highest BCUT2D eigenvalue weighted by atomic mass is 16.3. The molecule has 0 aliphatic carbocycles. The van der Waals surface area contributed by atoms with Crippen molar-refractivity contribution in [1.82, 2.24) is 14.7 Å². The summed E-state index contributed by atoms with van der Waals surface area (Å²) in [6, 6.07) is -0.172. The van der Waals surface area contributed by atoms with Crippen molar-refractivity contribution in [3.8, 4) is 0 Å². The number of carbonyl (C=O) groups is 1. The minimum absolute atomic E-state index is 0.0245. The number of aliphatic hydroxyl groups is 1. The van der Waals surface area contributed by atoms with Crippen molar-refractivity contribution >= 4 is 11.7 Å². The molecule has 0 aliphatic heterocycles. The van der Waals surface area contributed by atoms with E-state index in [0.29, 0.717) is 13.1 Å². The number of aryl methyl sites for hydroxylation is 2. The van der Waals surface area contributed by atoms with Gasteiger partial charge >= 0.3 is 6.03 Å². The minimum Gasteiger partial charge on any atom is -0.395 e. The van der Waals surface area contributed by atoms with E-state index in [4.69, 9.17) is 5.11 Å². The fourth-order valence-electron chi connectivity index (χ4n) is 2.16. The Balaban J connectivity index is 2.79. The van der Waals surface area contributed by atoms with Gasteiger partial charge in [0.1, 0.15) is 0 Å². The first-order valence-electron chi connectivity index (χ1n) is 7.25. The van der Waals surface area contributed by atoms with Gasteiger partial charge in [-0.1, -0.05) is 13.3 Å². The number of hydrogen-bond acceptors (Lipinski definition) is 3. The van der Waals surface area contributed by atoms with Crippen LogP contribution in [0.4, 0.5) is 10.5 Å². The molecule has 0 radical (unpaired) electrons. The minimum atomic E-state index is -0.172. The largest absolute Gasteiger partial charge is 0.395 e. The lowest BCUT2D eigenvalue weighted by Crippen LogP contribution is -2.38. The number of anilines is 1. The van der Waals surface area contributed by atoms with Gasteiger partial charge in [0.05, 0.1) is 23.7 Å². The maximum Gasteiger partial charge on any atom is 0.322 e. The molecule has 2 N–H and O–H groups in total. The van der Waals surface area contributed by atoms with Crippen LogP contribution in [0.2, 0.25) is 0 Å². The normalized spacial score (nSPS) is 10.7. The van der Waals surface area contributed by atoms with E-state index in [9.17, 15) is 4.79 Å². The molecule has 0 fully saturated rings. The Morgan fingerprint density at radius 3 is 2.55 bits per heavy atom. The van der Waals surface area contributed by atoms with Crippen LogP contribution in [0.3, 0.4) is 0 Å². The molecule has 6 heteroatoms. The van der Waals surface area contributed by atoms with Crippen LogP contribution in [0, 0.1) is 13.8 Å². The van der Waals surface area contributed by atoms with E-state index >= 15 is 0 Å². The van der Waals surface area contributed by atoms with Crippen molar-refractivity contribution < 1.29 is 9.90 Å². The van der Waals surface area contributed by atoms with Gasteiger partial charge in [-0.05, 0) is 27.2 Å². The predicted molar refractivity (Wildman–Crippen MR) is 80.0 cm³/mol. The van der Waals surface area contributed by atoms with E-state index in [0.717, 1.165) is 36.5 Å². The Labute approximate surface area is 120 Å². The summed E-state index contributed by atoms with van der Waals surface area (Å²) in [6.45, 7) is 9.69. The maximum absolute atomic E-state index is 12.3. The number of aromatic nitrogens is 2. The summed E-state index contributed by atoms with van der Waals surface area (Å²) in [5, 5.41) is 16.4. The molecule has 6 nitrogen and oxygen atoms in total. The highest BCUT2D eigenvalue weighted by Gasteiger charge is 2.17. The Hall–Kier alpha value is -1.56. The number of unbranched alkanes of at least 4 members (excludes halogenated alkanes) is 1. The molecule has 0 saturated heterocycles. The van der Waals surface area contributed by atoms with E-state index in [-0.39, 0.29) is 12.6 Å². The van der Waals surface area contributed by atoms with Crippen molar-refractivity contribution in [2.24, 2.45) is 0 Å². The molecule has 0 atom stereocenters. The van der Waals surface area contributed by atoms with Crippen molar-refractivity contribution in [2.75, 3.05) is 25.0 Å². The van der Waals surface area contributed by atoms with E-state index in [1.165, 1.54) is 0 Å². The Morgan fingerprint density at radius 2 is 2.05 bits per heavy atom. The molecular weight excluding hydrogens is 256 g/mol. The van der Waals surface area contributed by atoms with E-state index < -0.39 is 0 Å². The molecule has 114 valence electrons. The second kappa shape index (κ2) is 7.89. The van der Waals surface area contributed by atoms with Gasteiger partial charge in [0.2, 0.25) is 0 Å². The topological polar surface area (TPSA) is 70.4 Å². The number of nitrogens with zero attached hydrogens (tertiary/aromatic N) is 3. The molecular formula is C14H26N4O2. The first-order valence-corrected chi connectivity index (χ1v) is 7.25. The van der Waals surface area contributed by atoms with Crippen molar-refractivity contribution in [3.05, 3.63) is 11.4 Å². The molecule has 1 aromatic rings. The van der Waals surface area contributed by atoms with Crippen LogP contribution < -0.4 is 5.32 Å². The first kappa shape index (κ1) is 16.5. The second-order valence-corrected chi connectivity index (χ2v) is 4.86. The van der Waals surface area contributed by atoms with Gasteiger partial charge in [0, 0.05) is 19.6 Å². The summed E-state index contributed by atoms with van der Waals surface area (Å²) >= 11 is 0. The van der Waals surface area contributed by atoms with Crippen LogP contribution in [0.25, 0.3) is 0 Å². The molecule has 1 heterocycles. The number of urea groups is 1. The summed E-state index contributed by atoms with van der Waals surface area (Å²) in [5.41, 5.74) is 2.55. The lowest BCUT2D eigenvalue weighted by Gasteiger charge is -2.22. The van der Waals surface area contributed by atoms with Gasteiger partial charge in [0.15, 0.2) is 0 Å². The molecule has 1 aromatic heterocycles. The zero-order chi connectivity index (χ0) is 15.1. The standard InChI is InChI=1S/C14H26N4O2/c1-5-7-8-17(9-10-19)14(20)15-13-11(3)16-18(6-2)12(13)4/h19H,5-10H2,1-4H3,(H,15,20). The summed E-state index contributed by atoms with van der Waals surface area (Å²) in [4.78, 5) is 13.9. The number of hydrogen-bond donors (Lipinski definition) is 2. The van der Waals surface area contributed by atoms with E-state index in [2.05, 4.69) is 17.3 Å². The Bertz CT molecular complexity index is 443. The van der Waals surface area contributed by atoms with Crippen molar-refractivity contribution in [2.45, 2.75) is 47.1 Å². The van der Waals surface area contributed by atoms with E-state index in [1.807, 2.05) is 25.5 Å². The molecule has 0 spiro atoms. The van der Waals surface area contributed by atoms with Gasteiger partial charge in [-0.2, -0.15) is 5.10 Å². The predicted octanol–water partition coefficient (Wildman–Crippen LogP) is 2.15. The first-order chi connectivity index (χ1) is 9.54. The third-order valence-electron chi connectivity index (χ3n) is 3.35. The molecule has 0 bridgehead atoms. The van der Waals surface area contributed by atoms with E-state index in [1.54, 1.807) is 4.90 Å². The lowest BCUT2D eigenvalue weighted by molar-refractivity contribution is 0.187. The zero-order valence-corrected chi connectivity index (χ0v) is 12.9. The van der Waals surface area contributed by atoms with Gasteiger partial charge in [-0.15, -0.1) is 0 Å². The fraction of sp³-hybridized carbons (Fsp3) is 0.714. The molecule has 0 aromatic carbocycles. The average molecular weight is 282 g/mol. The third-order valence-corrected chi connectivity index (χ3v) is 3.35. The second-order valence-electron chi connectivity index (χ2n) is 4.86. The smallest absolute Gasteiger partial charge is 0.322 e. The molecule has 0 saturated carbocycles. The highest BCUT2D eigenvalue weighted by Crippen LogP contribution is 2.19. The van der Waals surface area contributed by atoms with Gasteiger partial charge in [-0.25, -0.2) is 4.79 Å². The fourth-order valence-corrected chi connectivity index (χ4v) is 2.16. The van der Waals surface area contributed by atoms with Crippen LogP contribution in [-0.2, 0) is 6.54 Å². The van der Waals surface area contributed by atoms with Gasteiger partial charge in [-0.3, -0.25) is 4.68 Å². The van der Waals surface area contributed by atoms with Crippen LogP contribution in [0.15, 0.2) is 0 Å². The zero-order valence-electron chi connectivity index (χ0n) is 12.9. The summed E-state index contributed by atoms with van der Waals surface area (Å²) in [7, 11) is 0. The number of amides is 2. The summed E-state index contributed by atoms with van der Waals surface area (Å²) in [6.07, 6.45) is 1.95. The van der Waals surface area contributed by atoms with Crippen molar-refractivity contribution in [1.29, 1.82) is 0 Å². The van der Waals surface area contributed by atoms with Crippen LogP contribution >= 0.6 is 0 Å². The van der Waals surface area contributed by atoms with Crippen molar-refractivity contribution in [3.63, 3.8) is 0 Å². The van der Waals surface area contributed by atoms with Crippen LogP contribution in [0.1, 0.15) is 38.1 Å². The monoisotopic (exact) mass is 282 g/mol. The van der Waals surface area contributed by atoms with Gasteiger partial charge in [0.25, 0.3) is 0 Å². The van der Waals surface area contributed by atoms with Crippen LogP contribution in [0.5, 0.6) is 0 Å².